The van der Waals surface area contributed by atoms with E-state index in [0.717, 1.165) is 42.4 Å². The number of rotatable bonds is 15. The molecule has 1 spiro atoms. The molecule has 3 aromatic carbocycles. The Labute approximate surface area is 273 Å². The van der Waals surface area contributed by atoms with Crippen LogP contribution in [0.1, 0.15) is 62.6 Å². The smallest absolute Gasteiger partial charge is 0.234 e. The van der Waals surface area contributed by atoms with Crippen LogP contribution in [0, 0.1) is 10.8 Å². The standard InChI is InChI=1S/C38H50N2O6/c1-36(2,25-41)22-12-20-34-43-26-37(27-44-34)28-45-35(46-29-37)21-13-23-39-33(42)24-40-38(30-14-6-3-7-15-30,31-16-8-4-9-17-31)32-18-10-5-11-19-32/h3-11,14-19,34-35,40-41H,12-13,20-29H2,1-2H3,(H,39,42). The van der Waals surface area contributed by atoms with Gasteiger partial charge in [-0.3, -0.25) is 10.1 Å². The number of ether oxygens (including phenoxy) is 4. The van der Waals surface area contributed by atoms with Gasteiger partial charge in [0.25, 0.3) is 0 Å². The molecule has 1 amide bonds. The van der Waals surface area contributed by atoms with E-state index in [4.69, 9.17) is 18.9 Å². The molecule has 2 aliphatic heterocycles. The first-order valence-electron chi connectivity index (χ1n) is 16.6. The number of hydrogen-bond acceptors (Lipinski definition) is 7. The third-order valence-corrected chi connectivity index (χ3v) is 9.10. The minimum atomic E-state index is -0.690. The Balaban J connectivity index is 1.06. The largest absolute Gasteiger partial charge is 0.396 e. The second kappa shape index (κ2) is 16.1. The van der Waals surface area contributed by atoms with E-state index in [1.54, 1.807) is 0 Å². The van der Waals surface area contributed by atoms with Crippen molar-refractivity contribution >= 4 is 5.91 Å². The van der Waals surface area contributed by atoms with Crippen molar-refractivity contribution in [2.75, 3.05) is 46.1 Å². The molecule has 46 heavy (non-hydrogen) atoms. The highest BCUT2D eigenvalue weighted by molar-refractivity contribution is 5.78. The summed E-state index contributed by atoms with van der Waals surface area (Å²) in [5.41, 5.74) is 2.15. The second-order valence-electron chi connectivity index (χ2n) is 13.5. The lowest BCUT2D eigenvalue weighted by molar-refractivity contribution is -0.304. The van der Waals surface area contributed by atoms with E-state index in [0.29, 0.717) is 39.4 Å². The van der Waals surface area contributed by atoms with Gasteiger partial charge in [0.05, 0.1) is 43.9 Å². The Morgan fingerprint density at radius 3 is 1.61 bits per heavy atom. The molecule has 0 bridgehead atoms. The molecule has 8 nitrogen and oxygen atoms in total. The Hall–Kier alpha value is -3.11. The zero-order valence-electron chi connectivity index (χ0n) is 27.3. The molecule has 0 aliphatic carbocycles. The van der Waals surface area contributed by atoms with Crippen molar-refractivity contribution in [2.24, 2.45) is 10.8 Å². The van der Waals surface area contributed by atoms with Gasteiger partial charge in [-0.15, -0.1) is 0 Å². The van der Waals surface area contributed by atoms with Crippen LogP contribution >= 0.6 is 0 Å². The zero-order valence-corrected chi connectivity index (χ0v) is 27.3. The first-order valence-corrected chi connectivity index (χ1v) is 16.6. The van der Waals surface area contributed by atoms with E-state index in [1.165, 1.54) is 0 Å². The number of nitrogens with one attached hydrogen (secondary N) is 2. The Morgan fingerprint density at radius 1 is 0.739 bits per heavy atom. The average Bonchev–Trinajstić information content (AvgIpc) is 3.10. The van der Waals surface area contributed by atoms with Gasteiger partial charge in [-0.1, -0.05) is 105 Å². The summed E-state index contributed by atoms with van der Waals surface area (Å²) >= 11 is 0. The van der Waals surface area contributed by atoms with Crippen LogP contribution in [0.5, 0.6) is 0 Å². The molecule has 2 heterocycles. The summed E-state index contributed by atoms with van der Waals surface area (Å²) < 4.78 is 24.1. The van der Waals surface area contributed by atoms with Crippen molar-refractivity contribution in [3.63, 3.8) is 0 Å². The van der Waals surface area contributed by atoms with Crippen molar-refractivity contribution in [2.45, 2.75) is 64.1 Å². The van der Waals surface area contributed by atoms with Crippen LogP contribution in [0.15, 0.2) is 91.0 Å². The molecule has 3 N–H and O–H groups in total. The van der Waals surface area contributed by atoms with Gasteiger partial charge in [0.2, 0.25) is 5.91 Å². The summed E-state index contributed by atoms with van der Waals surface area (Å²) in [6.45, 7) is 7.15. The van der Waals surface area contributed by atoms with E-state index in [-0.39, 0.29) is 42.5 Å². The molecule has 2 fully saturated rings. The van der Waals surface area contributed by atoms with Crippen molar-refractivity contribution in [1.82, 2.24) is 10.6 Å². The van der Waals surface area contributed by atoms with E-state index in [2.05, 4.69) is 60.9 Å². The first-order chi connectivity index (χ1) is 22.3. The van der Waals surface area contributed by atoms with Gasteiger partial charge in [0.1, 0.15) is 0 Å². The van der Waals surface area contributed by atoms with Crippen molar-refractivity contribution in [3.05, 3.63) is 108 Å². The topological polar surface area (TPSA) is 98.3 Å². The Morgan fingerprint density at radius 2 is 1.17 bits per heavy atom. The van der Waals surface area contributed by atoms with Crippen LogP contribution in [0.2, 0.25) is 0 Å². The normalized spacial score (nSPS) is 22.1. The maximum Gasteiger partial charge on any atom is 0.234 e. The molecule has 3 aromatic rings. The fraction of sp³-hybridized carbons (Fsp3) is 0.500. The maximum atomic E-state index is 13.1. The highest BCUT2D eigenvalue weighted by Crippen LogP contribution is 2.37. The van der Waals surface area contributed by atoms with Gasteiger partial charge in [-0.25, -0.2) is 0 Å². The Kier molecular flexibility index (Phi) is 12.0. The molecule has 0 atom stereocenters. The molecule has 0 radical (unpaired) electrons. The van der Waals surface area contributed by atoms with Crippen LogP contribution in [0.3, 0.4) is 0 Å². The Bertz CT molecular complexity index is 1220. The van der Waals surface area contributed by atoms with Crippen LogP contribution < -0.4 is 10.6 Å². The highest BCUT2D eigenvalue weighted by atomic mass is 16.7. The summed E-state index contributed by atoms with van der Waals surface area (Å²) in [5, 5.41) is 16.2. The molecule has 0 unspecified atom stereocenters. The van der Waals surface area contributed by atoms with Gasteiger partial charge in [-0.05, 0) is 47.8 Å². The molecule has 2 saturated heterocycles. The van der Waals surface area contributed by atoms with Crippen LogP contribution in [0.4, 0.5) is 0 Å². The molecule has 8 heteroatoms. The van der Waals surface area contributed by atoms with Gasteiger partial charge >= 0.3 is 0 Å². The fourth-order valence-corrected chi connectivity index (χ4v) is 6.23. The summed E-state index contributed by atoms with van der Waals surface area (Å²) in [6, 6.07) is 30.8. The number of aliphatic hydroxyl groups is 1. The van der Waals surface area contributed by atoms with Gasteiger partial charge in [0.15, 0.2) is 12.6 Å². The highest BCUT2D eigenvalue weighted by Gasteiger charge is 2.42. The monoisotopic (exact) mass is 630 g/mol. The van der Waals surface area contributed by atoms with Crippen LogP contribution in [-0.2, 0) is 29.3 Å². The molecule has 0 saturated carbocycles. The maximum absolute atomic E-state index is 13.1. The molecule has 248 valence electrons. The summed E-state index contributed by atoms with van der Waals surface area (Å²) in [5.74, 6) is -0.0671. The molecular weight excluding hydrogens is 580 g/mol. The predicted octanol–water partition coefficient (Wildman–Crippen LogP) is 5.39. The molecule has 0 aromatic heterocycles. The van der Waals surface area contributed by atoms with Crippen LogP contribution in [0.25, 0.3) is 0 Å². The van der Waals surface area contributed by atoms with E-state index < -0.39 is 5.54 Å². The fourth-order valence-electron chi connectivity index (χ4n) is 6.23. The third-order valence-electron chi connectivity index (χ3n) is 9.10. The lowest BCUT2D eigenvalue weighted by atomic mass is 9.77. The number of hydrogen-bond donors (Lipinski definition) is 3. The molecular formula is C38H50N2O6. The lowest BCUT2D eigenvalue weighted by Gasteiger charge is -2.43. The van der Waals surface area contributed by atoms with Gasteiger partial charge < -0.3 is 29.4 Å². The second-order valence-corrected chi connectivity index (χ2v) is 13.5. The average molecular weight is 631 g/mol. The van der Waals surface area contributed by atoms with Crippen LogP contribution in [-0.4, -0.2) is 69.7 Å². The first kappa shape index (κ1) is 34.2. The lowest BCUT2D eigenvalue weighted by Crippen LogP contribution is -2.52. The predicted molar refractivity (Wildman–Crippen MR) is 178 cm³/mol. The number of benzene rings is 3. The zero-order chi connectivity index (χ0) is 32.3. The van der Waals surface area contributed by atoms with Crippen molar-refractivity contribution < 1.29 is 28.8 Å². The number of aliphatic hydroxyl groups excluding tert-OH is 1. The minimum absolute atomic E-state index is 0.0671. The molecule has 2 aliphatic rings. The number of carbonyl (C=O) groups is 1. The van der Waals surface area contributed by atoms with Gasteiger partial charge in [0, 0.05) is 19.6 Å². The van der Waals surface area contributed by atoms with Crippen molar-refractivity contribution in [1.29, 1.82) is 0 Å². The molecule has 5 rings (SSSR count). The van der Waals surface area contributed by atoms with E-state index in [9.17, 15) is 9.90 Å². The SMILES string of the molecule is CC(C)(CO)CCCC1OCC2(COC(CCCNC(=O)CNC(c3ccccc3)(c3ccccc3)c3ccccc3)OC2)CO1. The minimum Gasteiger partial charge on any atom is -0.396 e. The summed E-state index contributed by atoms with van der Waals surface area (Å²) in [6.07, 6.45) is 3.60. The van der Waals surface area contributed by atoms with Gasteiger partial charge in [-0.2, -0.15) is 0 Å². The van der Waals surface area contributed by atoms with E-state index >= 15 is 0 Å². The van der Waals surface area contributed by atoms with Crippen molar-refractivity contribution in [3.8, 4) is 0 Å². The summed E-state index contributed by atoms with van der Waals surface area (Å²) in [7, 11) is 0. The quantitative estimate of drug-likeness (QED) is 0.153. The third kappa shape index (κ3) is 8.82. The number of amides is 1. The van der Waals surface area contributed by atoms with E-state index in [1.807, 2.05) is 54.6 Å². The summed E-state index contributed by atoms with van der Waals surface area (Å²) in [4.78, 5) is 13.1. The number of carbonyl (C=O) groups excluding carboxylic acids is 1.